The van der Waals surface area contributed by atoms with Gasteiger partial charge in [-0.05, 0) is 38.3 Å². The summed E-state index contributed by atoms with van der Waals surface area (Å²) in [4.78, 5) is 10.2. The van der Waals surface area contributed by atoms with Crippen LogP contribution < -0.4 is 4.72 Å². The van der Waals surface area contributed by atoms with Crippen molar-refractivity contribution >= 4 is 15.7 Å². The zero-order chi connectivity index (χ0) is 14.8. The lowest BCUT2D eigenvalue weighted by molar-refractivity contribution is -0.385. The molecule has 0 radical (unpaired) electrons. The van der Waals surface area contributed by atoms with Gasteiger partial charge in [-0.3, -0.25) is 10.1 Å². The van der Waals surface area contributed by atoms with Gasteiger partial charge in [0.1, 0.15) is 0 Å². The van der Waals surface area contributed by atoms with E-state index in [4.69, 9.17) is 0 Å². The summed E-state index contributed by atoms with van der Waals surface area (Å²) in [6.45, 7) is 6.91. The Kier molecular flexibility index (Phi) is 4.65. The lowest BCUT2D eigenvalue weighted by atomic mass is 10.1. The second kappa shape index (κ2) is 5.66. The van der Waals surface area contributed by atoms with Crippen molar-refractivity contribution in [3.63, 3.8) is 0 Å². The Balaban J connectivity index is 3.37. The monoisotopic (exact) mass is 286 g/mol. The first-order valence-corrected chi connectivity index (χ1v) is 7.45. The number of nitrogens with zero attached hydrogens (tertiary/aromatic N) is 1. The lowest BCUT2D eigenvalue weighted by Gasteiger charge is -2.14. The van der Waals surface area contributed by atoms with E-state index in [9.17, 15) is 18.5 Å². The summed E-state index contributed by atoms with van der Waals surface area (Å²) in [5.74, 6) is 0. The van der Waals surface area contributed by atoms with Gasteiger partial charge in [0.15, 0.2) is 0 Å². The second-order valence-corrected chi connectivity index (χ2v) is 6.26. The summed E-state index contributed by atoms with van der Waals surface area (Å²) in [5.41, 5.74) is 0.896. The maximum absolute atomic E-state index is 12.2. The highest BCUT2D eigenvalue weighted by Crippen LogP contribution is 2.25. The van der Waals surface area contributed by atoms with Crippen molar-refractivity contribution in [1.82, 2.24) is 4.72 Å². The highest BCUT2D eigenvalue weighted by atomic mass is 32.2. The van der Waals surface area contributed by atoms with Crippen LogP contribution in [0.4, 0.5) is 5.69 Å². The molecule has 0 aliphatic heterocycles. The normalized spacial score (nSPS) is 13.3. The van der Waals surface area contributed by atoms with Crippen LogP contribution in [0.5, 0.6) is 0 Å². The number of nitrogens with one attached hydrogen (secondary N) is 1. The summed E-state index contributed by atoms with van der Waals surface area (Å²) in [5, 5.41) is 10.8. The molecule has 1 unspecified atom stereocenters. The molecule has 0 aromatic heterocycles. The van der Waals surface area contributed by atoms with Crippen LogP contribution >= 0.6 is 0 Å². The average molecular weight is 286 g/mol. The van der Waals surface area contributed by atoms with Gasteiger partial charge in [0.05, 0.1) is 9.82 Å². The SMILES string of the molecule is CCC(C)NS(=O)(=O)c1cc([N+](=O)[O-])cc(C)c1C. The largest absolute Gasteiger partial charge is 0.271 e. The molecule has 1 aromatic carbocycles. The molecule has 0 saturated carbocycles. The first-order chi connectivity index (χ1) is 8.69. The van der Waals surface area contributed by atoms with E-state index in [1.807, 2.05) is 6.92 Å². The standard InChI is InChI=1S/C12H18N2O4S/c1-5-9(3)13-19(17,18)12-7-11(14(15)16)6-8(2)10(12)4/h6-7,9,13H,5H2,1-4H3. The molecule has 0 heterocycles. The molecular formula is C12H18N2O4S. The molecule has 0 fully saturated rings. The zero-order valence-electron chi connectivity index (χ0n) is 11.4. The molecule has 0 aliphatic carbocycles. The van der Waals surface area contributed by atoms with Crippen molar-refractivity contribution in [1.29, 1.82) is 0 Å². The van der Waals surface area contributed by atoms with Crippen molar-refractivity contribution in [2.75, 3.05) is 0 Å². The van der Waals surface area contributed by atoms with Gasteiger partial charge in [-0.15, -0.1) is 0 Å². The third-order valence-corrected chi connectivity index (χ3v) is 4.79. The van der Waals surface area contributed by atoms with E-state index in [1.165, 1.54) is 6.07 Å². The Morgan fingerprint density at radius 2 is 1.95 bits per heavy atom. The number of hydrogen-bond donors (Lipinski definition) is 1. The average Bonchev–Trinajstić information content (AvgIpc) is 2.31. The lowest BCUT2D eigenvalue weighted by Crippen LogP contribution is -2.32. The summed E-state index contributed by atoms with van der Waals surface area (Å²) in [6, 6.07) is 2.26. The minimum Gasteiger partial charge on any atom is -0.258 e. The number of aryl methyl sites for hydroxylation is 1. The first kappa shape index (κ1) is 15.6. The molecule has 0 amide bonds. The molecule has 106 valence electrons. The van der Waals surface area contributed by atoms with Gasteiger partial charge in [-0.25, -0.2) is 13.1 Å². The van der Waals surface area contributed by atoms with E-state index in [0.717, 1.165) is 6.07 Å². The third kappa shape index (κ3) is 3.51. The van der Waals surface area contributed by atoms with Gasteiger partial charge in [0.25, 0.3) is 5.69 Å². The fourth-order valence-corrected chi connectivity index (χ4v) is 3.27. The van der Waals surface area contributed by atoms with Crippen LogP contribution in [0.15, 0.2) is 17.0 Å². The number of benzene rings is 1. The van der Waals surface area contributed by atoms with E-state index in [2.05, 4.69) is 4.72 Å². The van der Waals surface area contributed by atoms with Gasteiger partial charge >= 0.3 is 0 Å². The van der Waals surface area contributed by atoms with Crippen molar-refractivity contribution < 1.29 is 13.3 Å². The molecule has 1 rings (SSSR count). The molecule has 7 heteroatoms. The maximum Gasteiger partial charge on any atom is 0.271 e. The van der Waals surface area contributed by atoms with Gasteiger partial charge in [0.2, 0.25) is 10.0 Å². The van der Waals surface area contributed by atoms with Gasteiger partial charge in [0, 0.05) is 18.2 Å². The smallest absolute Gasteiger partial charge is 0.258 e. The van der Waals surface area contributed by atoms with E-state index in [0.29, 0.717) is 17.5 Å². The van der Waals surface area contributed by atoms with Crippen LogP contribution in [0.1, 0.15) is 31.4 Å². The van der Waals surface area contributed by atoms with Crippen LogP contribution in [0.3, 0.4) is 0 Å². The summed E-state index contributed by atoms with van der Waals surface area (Å²) in [7, 11) is -3.74. The molecule has 0 bridgehead atoms. The minimum atomic E-state index is -3.74. The number of nitro groups is 1. The van der Waals surface area contributed by atoms with Crippen LogP contribution in [-0.2, 0) is 10.0 Å². The minimum absolute atomic E-state index is 0.0282. The number of sulfonamides is 1. The van der Waals surface area contributed by atoms with Gasteiger partial charge in [-0.1, -0.05) is 6.92 Å². The molecule has 1 atom stereocenters. The predicted molar refractivity (Wildman–Crippen MR) is 72.6 cm³/mol. The summed E-state index contributed by atoms with van der Waals surface area (Å²) in [6.07, 6.45) is 0.645. The van der Waals surface area contributed by atoms with E-state index < -0.39 is 14.9 Å². The molecule has 0 saturated heterocycles. The molecule has 1 N–H and O–H groups in total. The fourth-order valence-electron chi connectivity index (χ4n) is 1.60. The van der Waals surface area contributed by atoms with Gasteiger partial charge in [-0.2, -0.15) is 0 Å². The van der Waals surface area contributed by atoms with Gasteiger partial charge < -0.3 is 0 Å². The number of hydrogen-bond acceptors (Lipinski definition) is 4. The van der Waals surface area contributed by atoms with E-state index in [1.54, 1.807) is 20.8 Å². The van der Waals surface area contributed by atoms with Crippen LogP contribution in [0.2, 0.25) is 0 Å². The van der Waals surface area contributed by atoms with Crippen LogP contribution in [0, 0.1) is 24.0 Å². The van der Waals surface area contributed by atoms with Crippen molar-refractivity contribution in [3.8, 4) is 0 Å². The molecule has 19 heavy (non-hydrogen) atoms. The predicted octanol–water partition coefficient (Wildman–Crippen LogP) is 2.29. The van der Waals surface area contributed by atoms with Crippen LogP contribution in [0.25, 0.3) is 0 Å². The highest BCUT2D eigenvalue weighted by molar-refractivity contribution is 7.89. The topological polar surface area (TPSA) is 89.3 Å². The Morgan fingerprint density at radius 1 is 1.37 bits per heavy atom. The Bertz CT molecular complexity index is 596. The second-order valence-electron chi connectivity index (χ2n) is 4.57. The Morgan fingerprint density at radius 3 is 2.42 bits per heavy atom. The first-order valence-electron chi connectivity index (χ1n) is 5.97. The number of non-ortho nitro benzene ring substituents is 1. The van der Waals surface area contributed by atoms with E-state index in [-0.39, 0.29) is 16.6 Å². The quantitative estimate of drug-likeness (QED) is 0.664. The molecule has 0 aliphatic rings. The third-order valence-electron chi connectivity index (χ3n) is 3.07. The Labute approximate surface area is 113 Å². The number of rotatable bonds is 5. The summed E-state index contributed by atoms with van der Waals surface area (Å²) < 4.78 is 26.9. The molecule has 0 spiro atoms. The summed E-state index contributed by atoms with van der Waals surface area (Å²) >= 11 is 0. The highest BCUT2D eigenvalue weighted by Gasteiger charge is 2.23. The fraction of sp³-hybridized carbons (Fsp3) is 0.500. The number of nitro benzene ring substituents is 1. The van der Waals surface area contributed by atoms with Crippen molar-refractivity contribution in [2.45, 2.75) is 45.1 Å². The van der Waals surface area contributed by atoms with E-state index >= 15 is 0 Å². The molecule has 1 aromatic rings. The molecule has 6 nitrogen and oxygen atoms in total. The van der Waals surface area contributed by atoms with Crippen molar-refractivity contribution in [2.24, 2.45) is 0 Å². The van der Waals surface area contributed by atoms with Crippen LogP contribution in [-0.4, -0.2) is 19.4 Å². The Hall–Kier alpha value is -1.47. The molecular weight excluding hydrogens is 268 g/mol. The van der Waals surface area contributed by atoms with Crippen molar-refractivity contribution in [3.05, 3.63) is 33.4 Å². The zero-order valence-corrected chi connectivity index (χ0v) is 12.2. The maximum atomic E-state index is 12.2.